The molecular formula is C11H18N2OS. The Hall–Kier alpha value is -0.450. The molecule has 4 heteroatoms. The maximum Gasteiger partial charge on any atom is 0.0954 e. The van der Waals surface area contributed by atoms with Gasteiger partial charge < -0.3 is 10.5 Å². The molecule has 0 fully saturated rings. The van der Waals surface area contributed by atoms with E-state index in [1.807, 2.05) is 18.3 Å². The molecule has 0 aliphatic heterocycles. The summed E-state index contributed by atoms with van der Waals surface area (Å²) in [5.74, 6) is 0. The Morgan fingerprint density at radius 3 is 3.20 bits per heavy atom. The average Bonchev–Trinajstić information content (AvgIpc) is 2.63. The van der Waals surface area contributed by atoms with Gasteiger partial charge in [0.25, 0.3) is 0 Å². The molecule has 1 aliphatic rings. The summed E-state index contributed by atoms with van der Waals surface area (Å²) in [6.07, 6.45) is 4.39. The lowest BCUT2D eigenvalue weighted by Gasteiger charge is -2.15. The molecule has 1 unspecified atom stereocenters. The van der Waals surface area contributed by atoms with Crippen LogP contribution in [0.1, 0.15) is 41.4 Å². The second kappa shape index (κ2) is 5.05. The molecule has 1 aromatic heterocycles. The number of fused-ring (bicyclic) bond motifs is 1. The van der Waals surface area contributed by atoms with E-state index in [0.29, 0.717) is 0 Å². The maximum atomic E-state index is 6.03. The highest BCUT2D eigenvalue weighted by molar-refractivity contribution is 7.11. The third-order valence-corrected chi connectivity index (χ3v) is 3.90. The molecule has 1 atom stereocenters. The monoisotopic (exact) mass is 226 g/mol. The molecule has 0 saturated heterocycles. The number of aryl methyl sites for hydroxylation is 1. The van der Waals surface area contributed by atoms with E-state index in [0.717, 1.165) is 38.2 Å². The summed E-state index contributed by atoms with van der Waals surface area (Å²) in [6, 6.07) is 0.172. The lowest BCUT2D eigenvalue weighted by atomic mass is 9.99. The number of nitrogens with zero attached hydrogens (tertiary/aromatic N) is 1. The Balaban J connectivity index is 2.01. The topological polar surface area (TPSA) is 48.1 Å². The molecule has 1 aliphatic carbocycles. The van der Waals surface area contributed by atoms with Crippen LogP contribution in [-0.4, -0.2) is 18.2 Å². The van der Waals surface area contributed by atoms with Gasteiger partial charge in [0.05, 0.1) is 17.3 Å². The van der Waals surface area contributed by atoms with Crippen molar-refractivity contribution in [1.82, 2.24) is 4.98 Å². The van der Waals surface area contributed by atoms with Gasteiger partial charge in [0.15, 0.2) is 0 Å². The number of nitrogens with two attached hydrogens (primary N) is 1. The molecule has 15 heavy (non-hydrogen) atoms. The first-order valence-electron chi connectivity index (χ1n) is 5.63. The quantitative estimate of drug-likeness (QED) is 0.799. The molecule has 0 bridgehead atoms. The molecular weight excluding hydrogens is 208 g/mol. The number of ether oxygens (including phenoxy) is 1. The van der Waals surface area contributed by atoms with Crippen LogP contribution in [0.5, 0.6) is 0 Å². The zero-order valence-electron chi connectivity index (χ0n) is 9.16. The minimum Gasteiger partial charge on any atom is -0.381 e. The first kappa shape index (κ1) is 11.0. The number of hydrogen-bond acceptors (Lipinski definition) is 4. The Morgan fingerprint density at radius 1 is 1.60 bits per heavy atom. The number of rotatable bonds is 4. The van der Waals surface area contributed by atoms with Gasteiger partial charge in [0.1, 0.15) is 0 Å². The van der Waals surface area contributed by atoms with Crippen molar-refractivity contribution in [3.63, 3.8) is 0 Å². The first-order valence-corrected chi connectivity index (χ1v) is 6.44. The molecule has 0 aromatic carbocycles. The third kappa shape index (κ3) is 2.56. The van der Waals surface area contributed by atoms with Crippen molar-refractivity contribution in [3.05, 3.63) is 15.6 Å². The van der Waals surface area contributed by atoms with E-state index >= 15 is 0 Å². The van der Waals surface area contributed by atoms with Gasteiger partial charge in [-0.2, -0.15) is 0 Å². The maximum absolute atomic E-state index is 6.03. The third-order valence-electron chi connectivity index (χ3n) is 2.71. The molecule has 0 saturated carbocycles. The van der Waals surface area contributed by atoms with Crippen LogP contribution in [0.15, 0.2) is 0 Å². The minimum absolute atomic E-state index is 0.172. The van der Waals surface area contributed by atoms with Crippen LogP contribution in [0, 0.1) is 0 Å². The molecule has 0 spiro atoms. The molecule has 84 valence electrons. The molecule has 1 aromatic rings. The molecule has 1 heterocycles. The summed E-state index contributed by atoms with van der Waals surface area (Å²) in [5.41, 5.74) is 7.18. The van der Waals surface area contributed by atoms with Gasteiger partial charge in [-0.25, -0.2) is 4.98 Å². The fraction of sp³-hybridized carbons (Fsp3) is 0.727. The normalized spacial score (nSPS) is 20.3. The van der Waals surface area contributed by atoms with E-state index in [9.17, 15) is 0 Å². The molecule has 0 amide bonds. The molecule has 0 radical (unpaired) electrons. The van der Waals surface area contributed by atoms with E-state index < -0.39 is 0 Å². The fourth-order valence-corrected chi connectivity index (χ4v) is 3.07. The summed E-state index contributed by atoms with van der Waals surface area (Å²) in [4.78, 5) is 6.02. The second-order valence-corrected chi connectivity index (χ2v) is 5.03. The van der Waals surface area contributed by atoms with Crippen LogP contribution >= 0.6 is 11.3 Å². The summed E-state index contributed by atoms with van der Waals surface area (Å²) in [6.45, 7) is 3.57. The Labute approximate surface area is 94.7 Å². The summed E-state index contributed by atoms with van der Waals surface area (Å²) in [7, 11) is 0. The minimum atomic E-state index is 0.172. The van der Waals surface area contributed by atoms with Gasteiger partial charge in [0, 0.05) is 23.9 Å². The lowest BCUT2D eigenvalue weighted by Crippen LogP contribution is -2.16. The highest BCUT2D eigenvalue weighted by atomic mass is 32.1. The smallest absolute Gasteiger partial charge is 0.0954 e. The van der Waals surface area contributed by atoms with E-state index in [2.05, 4.69) is 4.98 Å². The van der Waals surface area contributed by atoms with Crippen LogP contribution in [0.25, 0.3) is 0 Å². The van der Waals surface area contributed by atoms with E-state index in [1.54, 1.807) is 0 Å². The van der Waals surface area contributed by atoms with Crippen molar-refractivity contribution in [2.45, 2.75) is 38.6 Å². The average molecular weight is 226 g/mol. The fourth-order valence-electron chi connectivity index (χ4n) is 1.91. The van der Waals surface area contributed by atoms with Gasteiger partial charge in [-0.05, 0) is 26.2 Å². The zero-order chi connectivity index (χ0) is 10.7. The van der Waals surface area contributed by atoms with Gasteiger partial charge >= 0.3 is 0 Å². The predicted octanol–water partition coefficient (Wildman–Crippen LogP) is 2.06. The summed E-state index contributed by atoms with van der Waals surface area (Å²) in [5, 5.41) is 1.19. The number of thiazole rings is 1. The van der Waals surface area contributed by atoms with Gasteiger partial charge in [0.2, 0.25) is 0 Å². The molecule has 2 N–H and O–H groups in total. The Morgan fingerprint density at radius 2 is 2.47 bits per heavy atom. The Kier molecular flexibility index (Phi) is 3.72. The van der Waals surface area contributed by atoms with Crippen molar-refractivity contribution < 1.29 is 4.74 Å². The lowest BCUT2D eigenvalue weighted by molar-refractivity contribution is 0.151. The van der Waals surface area contributed by atoms with Crippen LogP contribution in [0.4, 0.5) is 0 Å². The predicted molar refractivity (Wildman–Crippen MR) is 62.2 cm³/mol. The second-order valence-electron chi connectivity index (χ2n) is 3.86. The van der Waals surface area contributed by atoms with Crippen LogP contribution in [-0.2, 0) is 17.6 Å². The van der Waals surface area contributed by atoms with Crippen molar-refractivity contribution in [1.29, 1.82) is 0 Å². The zero-order valence-corrected chi connectivity index (χ0v) is 9.98. The molecule has 3 nitrogen and oxygen atoms in total. The molecule has 2 rings (SSSR count). The number of aromatic nitrogens is 1. The summed E-state index contributed by atoms with van der Waals surface area (Å²) < 4.78 is 5.33. The van der Waals surface area contributed by atoms with Gasteiger partial charge in [-0.1, -0.05) is 0 Å². The van der Waals surface area contributed by atoms with Crippen LogP contribution in [0.3, 0.4) is 0 Å². The number of hydrogen-bond donors (Lipinski definition) is 1. The van der Waals surface area contributed by atoms with Gasteiger partial charge in [-0.3, -0.25) is 0 Å². The highest BCUT2D eigenvalue weighted by Crippen LogP contribution is 2.31. The van der Waals surface area contributed by atoms with Crippen LogP contribution in [0.2, 0.25) is 0 Å². The summed E-state index contributed by atoms with van der Waals surface area (Å²) >= 11 is 1.82. The van der Waals surface area contributed by atoms with Gasteiger partial charge in [-0.15, -0.1) is 11.3 Å². The van der Waals surface area contributed by atoms with E-state index in [4.69, 9.17) is 10.5 Å². The van der Waals surface area contributed by atoms with Crippen LogP contribution < -0.4 is 5.73 Å². The highest BCUT2D eigenvalue weighted by Gasteiger charge is 2.21. The van der Waals surface area contributed by atoms with Crippen molar-refractivity contribution >= 4 is 11.3 Å². The van der Waals surface area contributed by atoms with Crippen molar-refractivity contribution in [2.75, 3.05) is 13.2 Å². The first-order chi connectivity index (χ1) is 7.31. The van der Waals surface area contributed by atoms with Crippen molar-refractivity contribution in [3.8, 4) is 0 Å². The van der Waals surface area contributed by atoms with Crippen molar-refractivity contribution in [2.24, 2.45) is 5.73 Å². The Bertz CT molecular complexity index is 324. The largest absolute Gasteiger partial charge is 0.381 e. The van der Waals surface area contributed by atoms with E-state index in [-0.39, 0.29) is 6.04 Å². The van der Waals surface area contributed by atoms with E-state index in [1.165, 1.54) is 16.3 Å². The SMILES string of the molecule is CCOCCc1nc2c(s1)CCCC2N. The standard InChI is InChI=1S/C11H18N2OS/c1-2-14-7-6-10-13-11-8(12)4-3-5-9(11)15-10/h8H,2-7,12H2,1H3.